The number of aromatic nitrogens is 2. The molecule has 11 heteroatoms. The third-order valence-electron chi connectivity index (χ3n) is 4.96. The zero-order valence-corrected chi connectivity index (χ0v) is 19.0. The molecule has 0 aliphatic rings. The number of ether oxygens (including phenoxy) is 2. The van der Waals surface area contributed by atoms with E-state index in [-0.39, 0.29) is 29.6 Å². The summed E-state index contributed by atoms with van der Waals surface area (Å²) in [6.07, 6.45) is -3.27. The lowest BCUT2D eigenvalue weighted by Crippen LogP contribution is -2.16. The minimum atomic E-state index is -4.77. The van der Waals surface area contributed by atoms with E-state index in [2.05, 4.69) is 25.2 Å². The number of hydrazone groups is 1. The molecule has 0 atom stereocenters. The predicted octanol–water partition coefficient (Wildman–Crippen LogP) is 5.23. The first-order valence-electron chi connectivity index (χ1n) is 10.8. The van der Waals surface area contributed by atoms with Crippen molar-refractivity contribution in [1.29, 1.82) is 5.26 Å². The maximum Gasteiger partial charge on any atom is 0.573 e. The van der Waals surface area contributed by atoms with Gasteiger partial charge in [-0.05, 0) is 29.8 Å². The molecule has 0 aliphatic heterocycles. The van der Waals surface area contributed by atoms with Crippen molar-refractivity contribution in [1.82, 2.24) is 9.97 Å². The summed E-state index contributed by atoms with van der Waals surface area (Å²) in [5.41, 5.74) is 4.22. The number of nitrogens with zero attached hydrogens (tertiary/aromatic N) is 3. The Bertz CT molecular complexity index is 1500. The Balaban J connectivity index is 1.46. The highest BCUT2D eigenvalue weighted by atomic mass is 19.4. The monoisotopic (exact) mass is 505 g/mol. The van der Waals surface area contributed by atoms with Crippen LogP contribution in [0.25, 0.3) is 11.3 Å². The van der Waals surface area contributed by atoms with Crippen molar-refractivity contribution in [2.75, 3.05) is 5.43 Å². The molecule has 186 valence electrons. The molecule has 2 N–H and O–H groups in total. The maximum atomic E-state index is 12.4. The van der Waals surface area contributed by atoms with E-state index in [1.165, 1.54) is 18.3 Å². The second kappa shape index (κ2) is 11.1. The first-order chi connectivity index (χ1) is 17.8. The Morgan fingerprint density at radius 2 is 1.68 bits per heavy atom. The third kappa shape index (κ3) is 6.73. The molecule has 0 amide bonds. The zero-order chi connectivity index (χ0) is 26.3. The van der Waals surface area contributed by atoms with Crippen molar-refractivity contribution < 1.29 is 22.6 Å². The van der Waals surface area contributed by atoms with Gasteiger partial charge in [0.05, 0.1) is 11.9 Å². The van der Waals surface area contributed by atoms with E-state index in [1.807, 2.05) is 12.1 Å². The predicted molar refractivity (Wildman–Crippen MR) is 130 cm³/mol. The quantitative estimate of drug-likeness (QED) is 0.250. The average Bonchev–Trinajstić information content (AvgIpc) is 2.88. The van der Waals surface area contributed by atoms with Gasteiger partial charge in [0.15, 0.2) is 0 Å². The van der Waals surface area contributed by atoms with Gasteiger partial charge in [0.25, 0.3) is 5.56 Å². The molecule has 0 unspecified atom stereocenters. The molecule has 0 aliphatic carbocycles. The zero-order valence-electron chi connectivity index (χ0n) is 19.0. The molecule has 4 rings (SSSR count). The second-order valence-electron chi connectivity index (χ2n) is 7.49. The van der Waals surface area contributed by atoms with Crippen LogP contribution in [0.3, 0.4) is 0 Å². The number of nitrogens with one attached hydrogen (secondary N) is 2. The minimum absolute atomic E-state index is 0.0500. The highest BCUT2D eigenvalue weighted by Crippen LogP contribution is 2.25. The van der Waals surface area contributed by atoms with E-state index >= 15 is 0 Å². The summed E-state index contributed by atoms with van der Waals surface area (Å²) in [6, 6.07) is 23.0. The fourth-order valence-electron chi connectivity index (χ4n) is 3.29. The standard InChI is InChI=1S/C26H18F3N5O3/c27-26(28,29)37-21-12-10-20(11-13-21)36-16-19-9-5-4-8-18(19)15-31-34-25-32-23(17-6-2-1-3-7-17)22(14-30)24(35)33-25/h1-13,15H,16H2,(H2,32,33,34,35). The number of anilines is 1. The van der Waals surface area contributed by atoms with E-state index in [4.69, 9.17) is 4.74 Å². The second-order valence-corrected chi connectivity index (χ2v) is 7.49. The lowest BCUT2D eigenvalue weighted by Gasteiger charge is -2.11. The maximum absolute atomic E-state index is 12.4. The van der Waals surface area contributed by atoms with Crippen LogP contribution in [0.1, 0.15) is 16.7 Å². The highest BCUT2D eigenvalue weighted by Gasteiger charge is 2.31. The molecule has 0 fully saturated rings. The van der Waals surface area contributed by atoms with Crippen LogP contribution in [-0.4, -0.2) is 22.5 Å². The van der Waals surface area contributed by atoms with Crippen LogP contribution in [0, 0.1) is 11.3 Å². The Labute approximate surface area is 208 Å². The number of nitriles is 1. The molecule has 0 saturated heterocycles. The normalized spacial score (nSPS) is 11.2. The van der Waals surface area contributed by atoms with E-state index in [9.17, 15) is 23.2 Å². The van der Waals surface area contributed by atoms with Gasteiger partial charge >= 0.3 is 6.36 Å². The van der Waals surface area contributed by atoms with Crippen LogP contribution in [0.5, 0.6) is 11.5 Å². The average molecular weight is 505 g/mol. The summed E-state index contributed by atoms with van der Waals surface area (Å²) < 4.78 is 46.5. The largest absolute Gasteiger partial charge is 0.573 e. The minimum Gasteiger partial charge on any atom is -0.489 e. The number of aromatic amines is 1. The number of alkyl halides is 3. The fourth-order valence-corrected chi connectivity index (χ4v) is 3.29. The molecule has 0 saturated carbocycles. The summed E-state index contributed by atoms with van der Waals surface area (Å²) in [6.45, 7) is 0.117. The first-order valence-corrected chi connectivity index (χ1v) is 10.8. The van der Waals surface area contributed by atoms with Crippen LogP contribution >= 0.6 is 0 Å². The van der Waals surface area contributed by atoms with Crippen LogP contribution in [0.4, 0.5) is 19.1 Å². The summed E-state index contributed by atoms with van der Waals surface area (Å²) >= 11 is 0. The van der Waals surface area contributed by atoms with Crippen LogP contribution in [0.15, 0.2) is 88.8 Å². The molecule has 1 aromatic heterocycles. The topological polar surface area (TPSA) is 112 Å². The van der Waals surface area contributed by atoms with Crippen LogP contribution in [0.2, 0.25) is 0 Å². The SMILES string of the molecule is N#Cc1c(-c2ccccc2)nc(NN=Cc2ccccc2COc2ccc(OC(F)(F)F)cc2)[nH]c1=O. The smallest absolute Gasteiger partial charge is 0.489 e. The van der Waals surface area contributed by atoms with Gasteiger partial charge in [-0.1, -0.05) is 54.6 Å². The van der Waals surface area contributed by atoms with Gasteiger partial charge in [0, 0.05) is 11.1 Å². The van der Waals surface area contributed by atoms with Crippen molar-refractivity contribution in [3.05, 3.63) is 106 Å². The van der Waals surface area contributed by atoms with Gasteiger partial charge in [-0.15, -0.1) is 13.2 Å². The van der Waals surface area contributed by atoms with Gasteiger partial charge in [0.1, 0.15) is 29.7 Å². The van der Waals surface area contributed by atoms with Gasteiger partial charge in [-0.25, -0.2) is 10.4 Å². The number of hydrogen-bond acceptors (Lipinski definition) is 7. The molecule has 0 radical (unpaired) electrons. The lowest BCUT2D eigenvalue weighted by molar-refractivity contribution is -0.274. The number of H-pyrrole nitrogens is 1. The number of benzene rings is 3. The van der Waals surface area contributed by atoms with E-state index < -0.39 is 11.9 Å². The Kier molecular flexibility index (Phi) is 7.49. The molecule has 37 heavy (non-hydrogen) atoms. The Morgan fingerprint density at radius 1 is 1.00 bits per heavy atom. The van der Waals surface area contributed by atoms with E-state index in [0.29, 0.717) is 16.9 Å². The van der Waals surface area contributed by atoms with Gasteiger partial charge in [-0.3, -0.25) is 9.78 Å². The van der Waals surface area contributed by atoms with E-state index in [1.54, 1.807) is 48.5 Å². The summed E-state index contributed by atoms with van der Waals surface area (Å²) in [7, 11) is 0. The molecule has 3 aromatic carbocycles. The van der Waals surface area contributed by atoms with Gasteiger partial charge in [-0.2, -0.15) is 10.4 Å². The van der Waals surface area contributed by atoms with Crippen LogP contribution in [-0.2, 0) is 6.61 Å². The van der Waals surface area contributed by atoms with Crippen molar-refractivity contribution in [2.24, 2.45) is 5.10 Å². The van der Waals surface area contributed by atoms with Gasteiger partial charge < -0.3 is 9.47 Å². The van der Waals surface area contributed by atoms with E-state index in [0.717, 1.165) is 17.7 Å². The molecular weight excluding hydrogens is 487 g/mol. The fraction of sp³-hybridized carbons (Fsp3) is 0.0769. The molecule has 8 nitrogen and oxygen atoms in total. The van der Waals surface area contributed by atoms with Crippen molar-refractivity contribution in [2.45, 2.75) is 13.0 Å². The molecule has 0 bridgehead atoms. The molecular formula is C26H18F3N5O3. The Hall–Kier alpha value is -5.11. The third-order valence-corrected chi connectivity index (χ3v) is 4.96. The van der Waals surface area contributed by atoms with Crippen LogP contribution < -0.4 is 20.5 Å². The van der Waals surface area contributed by atoms with Crippen molar-refractivity contribution in [3.8, 4) is 28.8 Å². The first kappa shape index (κ1) is 25.0. The Morgan fingerprint density at radius 3 is 2.38 bits per heavy atom. The molecule has 4 aromatic rings. The van der Waals surface area contributed by atoms with Gasteiger partial charge in [0.2, 0.25) is 5.95 Å². The summed E-state index contributed by atoms with van der Waals surface area (Å²) in [5, 5.41) is 13.5. The molecule has 0 spiro atoms. The number of halogens is 3. The highest BCUT2D eigenvalue weighted by molar-refractivity contribution is 5.82. The number of rotatable bonds is 8. The van der Waals surface area contributed by atoms with Crippen molar-refractivity contribution in [3.63, 3.8) is 0 Å². The summed E-state index contributed by atoms with van der Waals surface area (Å²) in [5.74, 6) is 0.0597. The molecule has 1 heterocycles. The lowest BCUT2D eigenvalue weighted by atomic mass is 10.1. The summed E-state index contributed by atoms with van der Waals surface area (Å²) in [4.78, 5) is 19.2. The van der Waals surface area contributed by atoms with Crippen molar-refractivity contribution >= 4 is 12.2 Å². The number of hydrogen-bond donors (Lipinski definition) is 2.